The van der Waals surface area contributed by atoms with Crippen molar-refractivity contribution in [3.8, 4) is 11.1 Å². The highest BCUT2D eigenvalue weighted by atomic mass is 16.3. The normalized spacial score (nSPS) is 11.7. The molecular weight excluding hydrogens is 526 g/mol. The molecule has 0 N–H and O–H groups in total. The molecule has 9 aromatic rings. The Morgan fingerprint density at radius 2 is 1.05 bits per heavy atom. The Morgan fingerprint density at radius 3 is 1.86 bits per heavy atom. The summed E-state index contributed by atoms with van der Waals surface area (Å²) in [6.07, 6.45) is 0. The van der Waals surface area contributed by atoms with Crippen LogP contribution >= 0.6 is 0 Å². The molecule has 7 aromatic carbocycles. The molecule has 0 aliphatic heterocycles. The molecule has 202 valence electrons. The number of benzene rings is 7. The number of hydrogen-bond acceptors (Lipinski definition) is 3. The molecule has 0 radical (unpaired) electrons. The van der Waals surface area contributed by atoms with Crippen LogP contribution in [0.15, 0.2) is 160 Å². The first kappa shape index (κ1) is 23.9. The predicted molar refractivity (Wildman–Crippen MR) is 179 cm³/mol. The summed E-state index contributed by atoms with van der Waals surface area (Å²) >= 11 is 0. The highest BCUT2D eigenvalue weighted by Gasteiger charge is 2.20. The smallest absolute Gasteiger partial charge is 0.143 e. The van der Waals surface area contributed by atoms with Crippen molar-refractivity contribution in [2.24, 2.45) is 0 Å². The molecule has 0 atom stereocenters. The maximum Gasteiger partial charge on any atom is 0.143 e. The van der Waals surface area contributed by atoms with Crippen LogP contribution in [0.3, 0.4) is 0 Å². The Bertz CT molecular complexity index is 2450. The van der Waals surface area contributed by atoms with E-state index < -0.39 is 0 Å². The van der Waals surface area contributed by atoms with Crippen molar-refractivity contribution in [2.75, 3.05) is 4.90 Å². The summed E-state index contributed by atoms with van der Waals surface area (Å²) < 4.78 is 12.8. The van der Waals surface area contributed by atoms with Gasteiger partial charge in [-0.2, -0.15) is 0 Å². The summed E-state index contributed by atoms with van der Waals surface area (Å²) in [6.45, 7) is 0. The van der Waals surface area contributed by atoms with Gasteiger partial charge in [-0.25, -0.2) is 0 Å². The molecule has 0 amide bonds. The molecule has 3 heteroatoms. The topological polar surface area (TPSA) is 29.5 Å². The van der Waals surface area contributed by atoms with E-state index in [1.54, 1.807) is 0 Å². The number of furan rings is 2. The van der Waals surface area contributed by atoms with Crippen molar-refractivity contribution in [1.29, 1.82) is 0 Å². The molecule has 9 rings (SSSR count). The first-order valence-corrected chi connectivity index (χ1v) is 14.5. The molecule has 0 unspecified atom stereocenters. The Balaban J connectivity index is 1.27. The average molecular weight is 552 g/mol. The van der Waals surface area contributed by atoms with E-state index >= 15 is 0 Å². The second kappa shape index (κ2) is 9.37. The van der Waals surface area contributed by atoms with Crippen LogP contribution < -0.4 is 4.90 Å². The first-order chi connectivity index (χ1) is 21.3. The molecule has 2 aromatic heterocycles. The van der Waals surface area contributed by atoms with E-state index in [9.17, 15) is 0 Å². The van der Waals surface area contributed by atoms with Crippen molar-refractivity contribution >= 4 is 71.7 Å². The summed E-state index contributed by atoms with van der Waals surface area (Å²) in [7, 11) is 0. The van der Waals surface area contributed by atoms with Crippen LogP contribution in [-0.4, -0.2) is 0 Å². The molecule has 0 aliphatic carbocycles. The maximum absolute atomic E-state index is 6.52. The zero-order valence-electron chi connectivity index (χ0n) is 23.2. The zero-order chi connectivity index (χ0) is 28.3. The predicted octanol–water partition coefficient (Wildman–Crippen LogP) is 11.8. The molecule has 2 heterocycles. The standard InChI is InChI=1S/C40H25NO2/c1-2-12-28(13-3-1)41(34-17-10-20-37-39(34)32-16-7-9-19-36(32)42-37)29-23-21-26(22-24-29)38-30-14-5-4-11-27(30)25-33-31-15-6-8-18-35(31)43-40(33)38/h1-25H. The minimum atomic E-state index is 0.874. The van der Waals surface area contributed by atoms with E-state index in [1.807, 2.05) is 30.3 Å². The molecule has 0 aliphatic rings. The van der Waals surface area contributed by atoms with Gasteiger partial charge < -0.3 is 13.7 Å². The van der Waals surface area contributed by atoms with Crippen LogP contribution in [-0.2, 0) is 0 Å². The van der Waals surface area contributed by atoms with Gasteiger partial charge in [-0.05, 0) is 70.9 Å². The summed E-state index contributed by atoms with van der Waals surface area (Å²) in [5.74, 6) is 0. The lowest BCUT2D eigenvalue weighted by Crippen LogP contribution is -2.10. The maximum atomic E-state index is 6.52. The number of hydrogen-bond donors (Lipinski definition) is 0. The second-order valence-electron chi connectivity index (χ2n) is 10.9. The second-order valence-corrected chi connectivity index (χ2v) is 10.9. The lowest BCUT2D eigenvalue weighted by Gasteiger charge is -2.26. The van der Waals surface area contributed by atoms with Crippen LogP contribution in [0, 0.1) is 0 Å². The largest absolute Gasteiger partial charge is 0.456 e. The third-order valence-electron chi connectivity index (χ3n) is 8.44. The molecule has 0 bridgehead atoms. The average Bonchev–Trinajstić information content (AvgIpc) is 3.63. The molecule has 43 heavy (non-hydrogen) atoms. The first-order valence-electron chi connectivity index (χ1n) is 14.5. The number of rotatable bonds is 4. The summed E-state index contributed by atoms with van der Waals surface area (Å²) in [5, 5.41) is 6.86. The third kappa shape index (κ3) is 3.68. The van der Waals surface area contributed by atoms with Crippen molar-refractivity contribution in [1.82, 2.24) is 0 Å². The van der Waals surface area contributed by atoms with Crippen LogP contribution in [0.2, 0.25) is 0 Å². The van der Waals surface area contributed by atoms with E-state index in [0.29, 0.717) is 0 Å². The Kier molecular flexibility index (Phi) is 5.20. The van der Waals surface area contributed by atoms with Gasteiger partial charge in [-0.1, -0.05) is 97.1 Å². The lowest BCUT2D eigenvalue weighted by atomic mass is 9.95. The lowest BCUT2D eigenvalue weighted by molar-refractivity contribution is 0.669. The monoisotopic (exact) mass is 551 g/mol. The van der Waals surface area contributed by atoms with Gasteiger partial charge in [0.05, 0.1) is 11.1 Å². The van der Waals surface area contributed by atoms with Crippen molar-refractivity contribution in [2.45, 2.75) is 0 Å². The Hall–Kier alpha value is -5.80. The van der Waals surface area contributed by atoms with Crippen LogP contribution in [0.25, 0.3) is 65.8 Å². The number of fused-ring (bicyclic) bond motifs is 7. The molecular formula is C40H25NO2. The van der Waals surface area contributed by atoms with Gasteiger partial charge in [-0.3, -0.25) is 0 Å². The van der Waals surface area contributed by atoms with E-state index in [4.69, 9.17) is 8.83 Å². The fraction of sp³-hybridized carbons (Fsp3) is 0. The molecule has 0 spiro atoms. The van der Waals surface area contributed by atoms with Crippen LogP contribution in [0.5, 0.6) is 0 Å². The van der Waals surface area contributed by atoms with Gasteiger partial charge in [0.2, 0.25) is 0 Å². The fourth-order valence-corrected chi connectivity index (χ4v) is 6.53. The van der Waals surface area contributed by atoms with Crippen LogP contribution in [0.1, 0.15) is 0 Å². The van der Waals surface area contributed by atoms with E-state index in [2.05, 4.69) is 126 Å². The van der Waals surface area contributed by atoms with Gasteiger partial charge in [0.25, 0.3) is 0 Å². The number of nitrogens with zero attached hydrogens (tertiary/aromatic N) is 1. The highest BCUT2D eigenvalue weighted by molar-refractivity contribution is 6.18. The molecule has 0 saturated carbocycles. The molecule has 3 nitrogen and oxygen atoms in total. The van der Waals surface area contributed by atoms with E-state index in [1.165, 1.54) is 10.8 Å². The zero-order valence-corrected chi connectivity index (χ0v) is 23.2. The van der Waals surface area contributed by atoms with Crippen LogP contribution in [0.4, 0.5) is 17.1 Å². The van der Waals surface area contributed by atoms with Gasteiger partial charge in [0, 0.05) is 33.1 Å². The summed E-state index contributed by atoms with van der Waals surface area (Å²) in [6, 6.07) is 53.0. The Morgan fingerprint density at radius 1 is 0.419 bits per heavy atom. The summed E-state index contributed by atoms with van der Waals surface area (Å²) in [4.78, 5) is 2.31. The number of para-hydroxylation sites is 3. The molecule has 0 saturated heterocycles. The minimum absolute atomic E-state index is 0.874. The van der Waals surface area contributed by atoms with Crippen molar-refractivity contribution in [3.63, 3.8) is 0 Å². The quantitative estimate of drug-likeness (QED) is 0.218. The van der Waals surface area contributed by atoms with E-state index in [-0.39, 0.29) is 0 Å². The fourth-order valence-electron chi connectivity index (χ4n) is 6.53. The van der Waals surface area contributed by atoms with E-state index in [0.717, 1.165) is 72.1 Å². The minimum Gasteiger partial charge on any atom is -0.456 e. The third-order valence-corrected chi connectivity index (χ3v) is 8.44. The van der Waals surface area contributed by atoms with Crippen molar-refractivity contribution < 1.29 is 8.83 Å². The molecule has 0 fully saturated rings. The van der Waals surface area contributed by atoms with Gasteiger partial charge in [0.15, 0.2) is 0 Å². The number of anilines is 3. The van der Waals surface area contributed by atoms with Gasteiger partial charge in [0.1, 0.15) is 22.3 Å². The highest BCUT2D eigenvalue weighted by Crippen LogP contribution is 2.45. The Labute approximate surface area is 247 Å². The SMILES string of the molecule is c1ccc(N(c2ccc(-c3c4ccccc4cc4c3oc3ccccc34)cc2)c2cccc3oc4ccccc4c23)cc1. The van der Waals surface area contributed by atoms with Crippen molar-refractivity contribution in [3.05, 3.63) is 152 Å². The van der Waals surface area contributed by atoms with Gasteiger partial charge in [-0.15, -0.1) is 0 Å². The van der Waals surface area contributed by atoms with Gasteiger partial charge >= 0.3 is 0 Å². The summed E-state index contributed by atoms with van der Waals surface area (Å²) in [5.41, 5.74) is 9.04.